The summed E-state index contributed by atoms with van der Waals surface area (Å²) >= 11 is 0. The first-order chi connectivity index (χ1) is 15.5. The van der Waals surface area contributed by atoms with Crippen LogP contribution in [0.25, 0.3) is 0 Å². The van der Waals surface area contributed by atoms with Gasteiger partial charge in [-0.2, -0.15) is 4.98 Å². The summed E-state index contributed by atoms with van der Waals surface area (Å²) in [5.74, 6) is 2.46. The predicted octanol–water partition coefficient (Wildman–Crippen LogP) is 3.60. The maximum absolute atomic E-state index is 13.3. The van der Waals surface area contributed by atoms with E-state index < -0.39 is 0 Å². The molecule has 0 radical (unpaired) electrons. The number of amides is 2. The van der Waals surface area contributed by atoms with E-state index in [1.54, 1.807) is 36.3 Å². The summed E-state index contributed by atoms with van der Waals surface area (Å²) in [4.78, 5) is 28.2. The van der Waals surface area contributed by atoms with Crippen molar-refractivity contribution < 1.29 is 14.3 Å². The Bertz CT molecular complexity index is 896. The first-order valence-corrected chi connectivity index (χ1v) is 11.2. The van der Waals surface area contributed by atoms with Crippen molar-refractivity contribution in [2.24, 2.45) is 0 Å². The number of aromatic nitrogens is 2. The Morgan fingerprint density at radius 2 is 1.78 bits per heavy atom. The van der Waals surface area contributed by atoms with Gasteiger partial charge < -0.3 is 19.7 Å². The molecule has 0 saturated heterocycles. The second-order valence-electron chi connectivity index (χ2n) is 7.53. The third-order valence-electron chi connectivity index (χ3n) is 5.68. The van der Waals surface area contributed by atoms with Crippen LogP contribution in [0.3, 0.4) is 0 Å². The third kappa shape index (κ3) is 5.21. The van der Waals surface area contributed by atoms with Crippen LogP contribution in [0.15, 0.2) is 24.4 Å². The standard InChI is InChI=1S/C23H34N6O3/c1-6-27(7-2)11-9-10-24-22-25-15-17-16-29(23(30)28(8-3)21(17)26-22)18-12-19(31-4)14-20(13-18)32-5/h12-15H,6-11,16H2,1-5H3,(H,24,25,26). The Morgan fingerprint density at radius 1 is 1.09 bits per heavy atom. The van der Waals surface area contributed by atoms with Crippen molar-refractivity contribution in [3.63, 3.8) is 0 Å². The summed E-state index contributed by atoms with van der Waals surface area (Å²) in [6.07, 6.45) is 2.80. The van der Waals surface area contributed by atoms with Crippen molar-refractivity contribution in [1.82, 2.24) is 14.9 Å². The van der Waals surface area contributed by atoms with Gasteiger partial charge in [0.15, 0.2) is 0 Å². The van der Waals surface area contributed by atoms with Gasteiger partial charge >= 0.3 is 6.03 Å². The van der Waals surface area contributed by atoms with Crippen LogP contribution in [0.5, 0.6) is 11.5 Å². The predicted molar refractivity (Wildman–Crippen MR) is 127 cm³/mol. The van der Waals surface area contributed by atoms with Crippen molar-refractivity contribution in [3.05, 3.63) is 30.0 Å². The van der Waals surface area contributed by atoms with E-state index in [1.807, 2.05) is 19.1 Å². The minimum Gasteiger partial charge on any atom is -0.497 e. The zero-order valence-corrected chi connectivity index (χ0v) is 19.7. The number of anilines is 3. The lowest BCUT2D eigenvalue weighted by Gasteiger charge is -2.35. The van der Waals surface area contributed by atoms with Gasteiger partial charge in [0.25, 0.3) is 0 Å². The number of methoxy groups -OCH3 is 2. The van der Waals surface area contributed by atoms with Gasteiger partial charge in [0.05, 0.1) is 26.5 Å². The van der Waals surface area contributed by atoms with Gasteiger partial charge in [-0.15, -0.1) is 0 Å². The highest BCUT2D eigenvalue weighted by Gasteiger charge is 2.32. The molecule has 1 aliphatic heterocycles. The number of nitrogens with zero attached hydrogens (tertiary/aromatic N) is 5. The van der Waals surface area contributed by atoms with Crippen molar-refractivity contribution in [1.29, 1.82) is 0 Å². The van der Waals surface area contributed by atoms with E-state index in [0.29, 0.717) is 42.0 Å². The molecular weight excluding hydrogens is 408 g/mol. The lowest BCUT2D eigenvalue weighted by Crippen LogP contribution is -2.48. The zero-order chi connectivity index (χ0) is 23.1. The summed E-state index contributed by atoms with van der Waals surface area (Å²) < 4.78 is 10.7. The highest BCUT2D eigenvalue weighted by Crippen LogP contribution is 2.34. The fourth-order valence-corrected chi connectivity index (χ4v) is 3.78. The number of urea groups is 1. The maximum Gasteiger partial charge on any atom is 0.330 e. The van der Waals surface area contributed by atoms with Crippen LogP contribution in [0.4, 0.5) is 22.2 Å². The van der Waals surface area contributed by atoms with Crippen molar-refractivity contribution in [2.75, 3.05) is 62.1 Å². The summed E-state index contributed by atoms with van der Waals surface area (Å²) in [5.41, 5.74) is 1.59. The first kappa shape index (κ1) is 23.6. The molecule has 3 rings (SSSR count). The Balaban J connectivity index is 1.78. The number of fused-ring (bicyclic) bond motifs is 1. The van der Waals surface area contributed by atoms with E-state index in [-0.39, 0.29) is 6.03 Å². The molecule has 2 aromatic rings. The van der Waals surface area contributed by atoms with E-state index in [2.05, 4.69) is 34.0 Å². The molecular formula is C23H34N6O3. The summed E-state index contributed by atoms with van der Waals surface area (Å²) in [5, 5.41) is 3.30. The minimum absolute atomic E-state index is 0.138. The second-order valence-corrected chi connectivity index (χ2v) is 7.53. The van der Waals surface area contributed by atoms with E-state index >= 15 is 0 Å². The number of hydrogen-bond acceptors (Lipinski definition) is 7. The molecule has 0 spiro atoms. The Morgan fingerprint density at radius 3 is 2.38 bits per heavy atom. The largest absolute Gasteiger partial charge is 0.497 e. The van der Waals surface area contributed by atoms with Crippen LogP contribution in [0.1, 0.15) is 32.8 Å². The molecule has 9 heteroatoms. The highest BCUT2D eigenvalue weighted by atomic mass is 16.5. The van der Waals surface area contributed by atoms with Crippen LogP contribution >= 0.6 is 0 Å². The number of carbonyl (C=O) groups excluding carboxylic acids is 1. The molecule has 0 bridgehead atoms. The lowest BCUT2D eigenvalue weighted by molar-refractivity contribution is 0.250. The number of carbonyl (C=O) groups is 1. The van der Waals surface area contributed by atoms with Crippen molar-refractivity contribution in [3.8, 4) is 11.5 Å². The minimum atomic E-state index is -0.138. The molecule has 9 nitrogen and oxygen atoms in total. The normalized spacial score (nSPS) is 13.4. The molecule has 1 aliphatic rings. The molecule has 32 heavy (non-hydrogen) atoms. The molecule has 0 atom stereocenters. The molecule has 0 unspecified atom stereocenters. The van der Waals surface area contributed by atoms with Gasteiger partial charge in [-0.05, 0) is 33.0 Å². The Kier molecular flexibility index (Phi) is 8.10. The highest BCUT2D eigenvalue weighted by molar-refractivity contribution is 6.05. The first-order valence-electron chi connectivity index (χ1n) is 11.2. The summed E-state index contributed by atoms with van der Waals surface area (Å²) in [6, 6.07) is 5.30. The Labute approximate surface area is 190 Å². The smallest absolute Gasteiger partial charge is 0.330 e. The maximum atomic E-state index is 13.3. The number of ether oxygens (including phenoxy) is 2. The summed E-state index contributed by atoms with van der Waals surface area (Å²) in [6.45, 7) is 11.1. The van der Waals surface area contributed by atoms with Crippen molar-refractivity contribution >= 4 is 23.5 Å². The van der Waals surface area contributed by atoms with Gasteiger partial charge in [-0.25, -0.2) is 9.78 Å². The van der Waals surface area contributed by atoms with Gasteiger partial charge in [0.1, 0.15) is 17.3 Å². The quantitative estimate of drug-likeness (QED) is 0.532. The molecule has 0 aliphatic carbocycles. The number of rotatable bonds is 11. The Hall–Kier alpha value is -3.07. The molecule has 0 fully saturated rings. The summed E-state index contributed by atoms with van der Waals surface area (Å²) in [7, 11) is 3.18. The number of nitrogens with one attached hydrogen (secondary N) is 1. The molecule has 2 heterocycles. The molecule has 174 valence electrons. The SMILES string of the molecule is CCN(CC)CCCNc1ncc2c(n1)N(CC)C(=O)N(c1cc(OC)cc(OC)c1)C2. The molecule has 1 aromatic heterocycles. The van der Waals surface area contributed by atoms with Gasteiger partial charge in [0, 0.05) is 43.0 Å². The monoisotopic (exact) mass is 442 g/mol. The molecule has 0 saturated carbocycles. The molecule has 2 amide bonds. The van der Waals surface area contributed by atoms with Crippen molar-refractivity contribution in [2.45, 2.75) is 33.7 Å². The van der Waals surface area contributed by atoms with Gasteiger partial charge in [-0.1, -0.05) is 13.8 Å². The van der Waals surface area contributed by atoms with Gasteiger partial charge in [0.2, 0.25) is 5.95 Å². The van der Waals surface area contributed by atoms with E-state index in [1.165, 1.54) is 0 Å². The van der Waals surface area contributed by atoms with Crippen LogP contribution in [-0.2, 0) is 6.54 Å². The topological polar surface area (TPSA) is 83.1 Å². The van der Waals surface area contributed by atoms with Crippen LogP contribution < -0.4 is 24.6 Å². The van der Waals surface area contributed by atoms with E-state index in [9.17, 15) is 4.79 Å². The van der Waals surface area contributed by atoms with E-state index in [0.717, 1.165) is 38.2 Å². The average Bonchev–Trinajstić information content (AvgIpc) is 2.83. The third-order valence-corrected chi connectivity index (χ3v) is 5.68. The average molecular weight is 443 g/mol. The number of benzene rings is 1. The fraction of sp³-hybridized carbons (Fsp3) is 0.522. The van der Waals surface area contributed by atoms with Crippen LogP contribution in [0.2, 0.25) is 0 Å². The molecule has 1 aromatic carbocycles. The van der Waals surface area contributed by atoms with Crippen LogP contribution in [-0.4, -0.2) is 67.8 Å². The van der Waals surface area contributed by atoms with Gasteiger partial charge in [-0.3, -0.25) is 9.80 Å². The van der Waals surface area contributed by atoms with Crippen LogP contribution in [0, 0.1) is 0 Å². The van der Waals surface area contributed by atoms with E-state index in [4.69, 9.17) is 9.47 Å². The lowest BCUT2D eigenvalue weighted by atomic mass is 10.1. The number of hydrogen-bond donors (Lipinski definition) is 1. The molecule has 1 N–H and O–H groups in total. The fourth-order valence-electron chi connectivity index (χ4n) is 3.78. The zero-order valence-electron chi connectivity index (χ0n) is 19.7. The second kappa shape index (κ2) is 11.0.